The van der Waals surface area contributed by atoms with E-state index >= 15 is 0 Å². The second-order valence-electron chi connectivity index (χ2n) is 3.98. The molecule has 94 valence electrons. The third-order valence-electron chi connectivity index (χ3n) is 2.57. The summed E-state index contributed by atoms with van der Waals surface area (Å²) in [5.41, 5.74) is 8.06. The molecule has 0 atom stereocenters. The molecule has 1 aromatic heterocycles. The van der Waals surface area contributed by atoms with Gasteiger partial charge in [-0.25, -0.2) is 0 Å². The van der Waals surface area contributed by atoms with Crippen LogP contribution in [0.15, 0.2) is 41.0 Å². The molecule has 4 N–H and O–H groups in total. The Balaban J connectivity index is 1.82. The van der Waals surface area contributed by atoms with Crippen LogP contribution in [0.1, 0.15) is 16.1 Å². The Bertz CT molecular complexity index is 533. The maximum Gasteiger partial charge on any atom is 0.267 e. The Morgan fingerprint density at radius 3 is 2.67 bits per heavy atom. The summed E-state index contributed by atoms with van der Waals surface area (Å²) in [7, 11) is 0. The molecule has 0 radical (unpaired) electrons. The van der Waals surface area contributed by atoms with Crippen molar-refractivity contribution in [2.24, 2.45) is 0 Å². The minimum absolute atomic E-state index is 0.101. The first-order chi connectivity index (χ1) is 8.65. The summed E-state index contributed by atoms with van der Waals surface area (Å²) in [4.78, 5) is 14.6. The molecular formula is C13H14BrN3O. The first-order valence-electron chi connectivity index (χ1n) is 5.61. The number of aromatic amines is 1. The molecule has 0 bridgehead atoms. The molecular weight excluding hydrogens is 294 g/mol. The number of benzene rings is 1. The van der Waals surface area contributed by atoms with Crippen LogP contribution in [-0.4, -0.2) is 17.4 Å². The Kier molecular flexibility index (Phi) is 4.04. The van der Waals surface area contributed by atoms with Gasteiger partial charge >= 0.3 is 0 Å². The summed E-state index contributed by atoms with van der Waals surface area (Å²) >= 11 is 3.29. The molecule has 0 spiro atoms. The lowest BCUT2D eigenvalue weighted by molar-refractivity contribution is 0.0950. The Hall–Kier alpha value is -1.75. The van der Waals surface area contributed by atoms with E-state index < -0.39 is 0 Å². The summed E-state index contributed by atoms with van der Waals surface area (Å²) in [6.07, 6.45) is 2.52. The number of carbonyl (C=O) groups excluding carboxylic acids is 1. The lowest BCUT2D eigenvalue weighted by Gasteiger charge is -2.04. The third kappa shape index (κ3) is 3.37. The van der Waals surface area contributed by atoms with Crippen molar-refractivity contribution in [3.8, 4) is 0 Å². The van der Waals surface area contributed by atoms with Crippen LogP contribution in [0.2, 0.25) is 0 Å². The second kappa shape index (κ2) is 5.73. The van der Waals surface area contributed by atoms with Gasteiger partial charge in [-0.2, -0.15) is 0 Å². The minimum atomic E-state index is -0.101. The molecule has 1 amide bonds. The molecule has 5 heteroatoms. The molecule has 2 rings (SSSR count). The highest BCUT2D eigenvalue weighted by Crippen LogP contribution is 2.10. The fourth-order valence-corrected chi connectivity index (χ4v) is 1.94. The van der Waals surface area contributed by atoms with E-state index in [1.807, 2.05) is 24.3 Å². The van der Waals surface area contributed by atoms with E-state index in [4.69, 9.17) is 5.73 Å². The van der Waals surface area contributed by atoms with Crippen molar-refractivity contribution in [3.05, 3.63) is 52.3 Å². The number of nitrogens with two attached hydrogens (primary N) is 1. The molecule has 0 fully saturated rings. The van der Waals surface area contributed by atoms with E-state index in [0.29, 0.717) is 12.2 Å². The van der Waals surface area contributed by atoms with Crippen molar-refractivity contribution in [2.75, 3.05) is 12.3 Å². The monoisotopic (exact) mass is 307 g/mol. The van der Waals surface area contributed by atoms with Gasteiger partial charge in [0.15, 0.2) is 0 Å². The molecule has 1 heterocycles. The number of hydrogen-bond acceptors (Lipinski definition) is 2. The number of aromatic nitrogens is 1. The molecule has 0 unspecified atom stereocenters. The van der Waals surface area contributed by atoms with Crippen molar-refractivity contribution < 1.29 is 4.79 Å². The van der Waals surface area contributed by atoms with Crippen molar-refractivity contribution in [1.29, 1.82) is 0 Å². The van der Waals surface area contributed by atoms with E-state index in [0.717, 1.165) is 22.1 Å². The van der Waals surface area contributed by atoms with Crippen molar-refractivity contribution >= 4 is 27.5 Å². The number of amides is 1. The van der Waals surface area contributed by atoms with Crippen LogP contribution in [0, 0.1) is 0 Å². The van der Waals surface area contributed by atoms with E-state index in [1.165, 1.54) is 0 Å². The van der Waals surface area contributed by atoms with Crippen LogP contribution in [0.25, 0.3) is 0 Å². The number of nitrogen functional groups attached to an aromatic ring is 1. The second-order valence-corrected chi connectivity index (χ2v) is 4.89. The summed E-state index contributed by atoms with van der Waals surface area (Å²) in [6.45, 7) is 0.597. The number of carbonyl (C=O) groups is 1. The van der Waals surface area contributed by atoms with Crippen molar-refractivity contribution in [2.45, 2.75) is 6.42 Å². The van der Waals surface area contributed by atoms with Crippen LogP contribution >= 0.6 is 15.9 Å². The summed E-state index contributed by atoms with van der Waals surface area (Å²) < 4.78 is 0.867. The molecule has 0 aliphatic heterocycles. The van der Waals surface area contributed by atoms with Gasteiger partial charge in [-0.05, 0) is 46.1 Å². The van der Waals surface area contributed by atoms with Gasteiger partial charge in [-0.1, -0.05) is 12.1 Å². The zero-order valence-corrected chi connectivity index (χ0v) is 11.3. The van der Waals surface area contributed by atoms with E-state index in [9.17, 15) is 4.79 Å². The smallest absolute Gasteiger partial charge is 0.267 e. The lowest BCUT2D eigenvalue weighted by atomic mass is 10.1. The van der Waals surface area contributed by atoms with Crippen LogP contribution in [0.4, 0.5) is 5.69 Å². The molecule has 0 saturated heterocycles. The first kappa shape index (κ1) is 12.7. The fourth-order valence-electron chi connectivity index (χ4n) is 1.60. The zero-order chi connectivity index (χ0) is 13.0. The number of rotatable bonds is 4. The average molecular weight is 308 g/mol. The molecule has 2 aromatic rings. The van der Waals surface area contributed by atoms with Gasteiger partial charge in [-0.3, -0.25) is 4.79 Å². The van der Waals surface area contributed by atoms with E-state index in [1.54, 1.807) is 12.3 Å². The average Bonchev–Trinajstić information content (AvgIpc) is 2.78. The zero-order valence-electron chi connectivity index (χ0n) is 9.74. The SMILES string of the molecule is Nc1ccc(CCNC(=O)c2cc(Br)c[nH]2)cc1. The maximum atomic E-state index is 11.7. The molecule has 4 nitrogen and oxygen atoms in total. The van der Waals surface area contributed by atoms with Crippen LogP contribution < -0.4 is 11.1 Å². The normalized spacial score (nSPS) is 10.3. The van der Waals surface area contributed by atoms with Crippen LogP contribution in [0.5, 0.6) is 0 Å². The van der Waals surface area contributed by atoms with Crippen molar-refractivity contribution in [3.63, 3.8) is 0 Å². The molecule has 0 saturated carbocycles. The Morgan fingerprint density at radius 1 is 1.33 bits per heavy atom. The summed E-state index contributed by atoms with van der Waals surface area (Å²) in [5.74, 6) is -0.101. The van der Waals surface area contributed by atoms with Gasteiger partial charge < -0.3 is 16.0 Å². The molecule has 0 aliphatic carbocycles. The predicted molar refractivity (Wildman–Crippen MR) is 75.4 cm³/mol. The Labute approximate surface area is 114 Å². The van der Waals surface area contributed by atoms with Crippen LogP contribution in [0.3, 0.4) is 0 Å². The highest BCUT2D eigenvalue weighted by atomic mass is 79.9. The standard InChI is InChI=1S/C13H14BrN3O/c14-10-7-12(17-8-10)13(18)16-6-5-9-1-3-11(15)4-2-9/h1-4,7-8,17H,5-6,15H2,(H,16,18). The molecule has 1 aromatic carbocycles. The van der Waals surface area contributed by atoms with Gasteiger partial charge in [0, 0.05) is 22.9 Å². The molecule has 18 heavy (non-hydrogen) atoms. The molecule has 0 aliphatic rings. The highest BCUT2D eigenvalue weighted by Gasteiger charge is 2.06. The van der Waals surface area contributed by atoms with Gasteiger partial charge in [0.25, 0.3) is 5.91 Å². The summed E-state index contributed by atoms with van der Waals surface area (Å²) in [6, 6.07) is 9.40. The van der Waals surface area contributed by atoms with E-state index in [-0.39, 0.29) is 5.91 Å². The van der Waals surface area contributed by atoms with Gasteiger partial charge in [0.05, 0.1) is 0 Å². The Morgan fingerprint density at radius 2 is 2.06 bits per heavy atom. The first-order valence-corrected chi connectivity index (χ1v) is 6.41. The number of halogens is 1. The van der Waals surface area contributed by atoms with Gasteiger partial charge in [-0.15, -0.1) is 0 Å². The van der Waals surface area contributed by atoms with Crippen LogP contribution in [-0.2, 0) is 6.42 Å². The quantitative estimate of drug-likeness (QED) is 0.759. The van der Waals surface area contributed by atoms with Gasteiger partial charge in [0.1, 0.15) is 5.69 Å². The van der Waals surface area contributed by atoms with Gasteiger partial charge in [0.2, 0.25) is 0 Å². The fraction of sp³-hybridized carbons (Fsp3) is 0.154. The largest absolute Gasteiger partial charge is 0.399 e. The maximum absolute atomic E-state index is 11.7. The number of H-pyrrole nitrogens is 1. The number of anilines is 1. The summed E-state index contributed by atoms with van der Waals surface area (Å²) in [5, 5.41) is 2.85. The lowest BCUT2D eigenvalue weighted by Crippen LogP contribution is -2.25. The third-order valence-corrected chi connectivity index (χ3v) is 3.03. The number of nitrogens with one attached hydrogen (secondary N) is 2. The van der Waals surface area contributed by atoms with E-state index in [2.05, 4.69) is 26.2 Å². The minimum Gasteiger partial charge on any atom is -0.399 e. The predicted octanol–water partition coefficient (Wildman–Crippen LogP) is 2.33. The highest BCUT2D eigenvalue weighted by molar-refractivity contribution is 9.10. The van der Waals surface area contributed by atoms with Crippen molar-refractivity contribution in [1.82, 2.24) is 10.3 Å². The topological polar surface area (TPSA) is 70.9 Å². The number of hydrogen-bond donors (Lipinski definition) is 3.